The van der Waals surface area contributed by atoms with E-state index in [-0.39, 0.29) is 11.0 Å². The number of H-pyrrole nitrogens is 2. The summed E-state index contributed by atoms with van der Waals surface area (Å²) < 4.78 is 15.6. The molecule has 9 heteroatoms. The molecule has 5 aromatic heterocycles. The average molecular weight is 422 g/mol. The number of nitrogens with one attached hydrogen (secondary N) is 2. The van der Waals surface area contributed by atoms with Crippen molar-refractivity contribution in [2.24, 2.45) is 0 Å². The first-order chi connectivity index (χ1) is 15.8. The van der Waals surface area contributed by atoms with Gasteiger partial charge >= 0.3 is 0 Å². The lowest BCUT2D eigenvalue weighted by molar-refractivity contribution is 0.642. The molecule has 0 saturated heterocycles. The van der Waals surface area contributed by atoms with E-state index in [0.717, 1.165) is 22.5 Å². The van der Waals surface area contributed by atoms with Crippen molar-refractivity contribution in [3.05, 3.63) is 90.4 Å². The first-order valence-electron chi connectivity index (χ1n) is 9.94. The summed E-state index contributed by atoms with van der Waals surface area (Å²) in [6.45, 7) is 0. The topological polar surface area (TPSA) is 109 Å². The number of nitrogens with zero attached hydrogens (tertiary/aromatic N) is 6. The van der Waals surface area contributed by atoms with Crippen LogP contribution in [-0.2, 0) is 6.42 Å². The van der Waals surface area contributed by atoms with Crippen molar-refractivity contribution >= 4 is 16.6 Å². The Hall–Kier alpha value is -4.53. The zero-order valence-electron chi connectivity index (χ0n) is 16.6. The Morgan fingerprint density at radius 2 is 1.88 bits per heavy atom. The minimum absolute atomic E-state index is 0.262. The van der Waals surface area contributed by atoms with Crippen LogP contribution in [0.15, 0.2) is 67.7 Å². The molecular weight excluding hydrogens is 407 g/mol. The molecule has 5 heterocycles. The third kappa shape index (κ3) is 2.90. The molecule has 0 aliphatic heterocycles. The summed E-state index contributed by atoms with van der Waals surface area (Å²) in [5.41, 5.74) is 5.15. The van der Waals surface area contributed by atoms with Crippen LogP contribution in [0, 0.1) is 5.82 Å². The first kappa shape index (κ1) is 18.3. The quantitative estimate of drug-likeness (QED) is 0.457. The van der Waals surface area contributed by atoms with Crippen molar-refractivity contribution in [2.45, 2.75) is 6.42 Å². The van der Waals surface area contributed by atoms with Crippen molar-refractivity contribution in [3.63, 3.8) is 0 Å². The number of hydrogen-bond donors (Lipinski definition) is 2. The van der Waals surface area contributed by atoms with Gasteiger partial charge in [-0.1, -0.05) is 24.3 Å². The number of hydrogen-bond acceptors (Lipinski definition) is 6. The van der Waals surface area contributed by atoms with Crippen LogP contribution < -0.4 is 0 Å². The van der Waals surface area contributed by atoms with E-state index in [1.54, 1.807) is 24.8 Å². The predicted octanol–water partition coefficient (Wildman–Crippen LogP) is 3.88. The highest BCUT2D eigenvalue weighted by atomic mass is 19.1. The van der Waals surface area contributed by atoms with Crippen LogP contribution in [0.1, 0.15) is 17.0 Å². The van der Waals surface area contributed by atoms with E-state index in [9.17, 15) is 0 Å². The van der Waals surface area contributed by atoms with E-state index < -0.39 is 5.82 Å². The van der Waals surface area contributed by atoms with E-state index in [2.05, 4.69) is 35.1 Å². The highest BCUT2D eigenvalue weighted by Gasteiger charge is 2.23. The maximum atomic E-state index is 15.6. The third-order valence-electron chi connectivity index (χ3n) is 5.35. The Morgan fingerprint density at radius 3 is 2.72 bits per heavy atom. The zero-order chi connectivity index (χ0) is 21.5. The Morgan fingerprint density at radius 1 is 1.00 bits per heavy atom. The van der Waals surface area contributed by atoms with Gasteiger partial charge in [-0.05, 0) is 6.07 Å². The van der Waals surface area contributed by atoms with Gasteiger partial charge < -0.3 is 4.98 Å². The Balaban J connectivity index is 1.51. The molecule has 0 radical (unpaired) electrons. The number of allylic oxidation sites excluding steroid dienone is 3. The van der Waals surface area contributed by atoms with Gasteiger partial charge in [0.05, 0.1) is 11.1 Å². The second-order valence-electron chi connectivity index (χ2n) is 7.28. The van der Waals surface area contributed by atoms with Gasteiger partial charge in [0.25, 0.3) is 0 Å². The molecule has 0 fully saturated rings. The molecule has 0 unspecified atom stereocenters. The average Bonchev–Trinajstić information content (AvgIpc) is 3.40. The first-order valence-corrected chi connectivity index (χ1v) is 9.94. The number of aromatic nitrogens is 8. The summed E-state index contributed by atoms with van der Waals surface area (Å²) >= 11 is 0. The molecule has 0 aromatic carbocycles. The molecule has 1 aliphatic rings. The molecule has 2 N–H and O–H groups in total. The Bertz CT molecular complexity index is 1500. The second-order valence-corrected chi connectivity index (χ2v) is 7.28. The lowest BCUT2D eigenvalue weighted by Gasteiger charge is -2.04. The van der Waals surface area contributed by atoms with Gasteiger partial charge in [-0.25, -0.2) is 24.3 Å². The monoisotopic (exact) mass is 422 g/mol. The van der Waals surface area contributed by atoms with E-state index in [0.29, 0.717) is 29.1 Å². The summed E-state index contributed by atoms with van der Waals surface area (Å²) in [5, 5.41) is 7.35. The van der Waals surface area contributed by atoms with Gasteiger partial charge in [0.2, 0.25) is 0 Å². The van der Waals surface area contributed by atoms with Crippen LogP contribution >= 0.6 is 0 Å². The van der Waals surface area contributed by atoms with Gasteiger partial charge in [-0.3, -0.25) is 10.1 Å². The largest absolute Gasteiger partial charge is 0.340 e. The van der Waals surface area contributed by atoms with Gasteiger partial charge in [-0.15, -0.1) is 0 Å². The molecule has 154 valence electrons. The molecule has 8 nitrogen and oxygen atoms in total. The fraction of sp³-hybridized carbons (Fsp3) is 0.0435. The fourth-order valence-corrected chi connectivity index (χ4v) is 3.84. The molecule has 0 amide bonds. The number of imidazole rings is 1. The van der Waals surface area contributed by atoms with Crippen LogP contribution in [0.4, 0.5) is 4.39 Å². The minimum Gasteiger partial charge on any atom is -0.340 e. The van der Waals surface area contributed by atoms with Crippen LogP contribution in [0.3, 0.4) is 0 Å². The lowest BCUT2D eigenvalue weighted by atomic mass is 10.0. The van der Waals surface area contributed by atoms with E-state index in [4.69, 9.17) is 4.98 Å². The third-order valence-corrected chi connectivity index (χ3v) is 5.35. The van der Waals surface area contributed by atoms with Crippen molar-refractivity contribution in [1.29, 1.82) is 0 Å². The van der Waals surface area contributed by atoms with Crippen LogP contribution in [-0.4, -0.2) is 40.1 Å². The zero-order valence-corrected chi connectivity index (χ0v) is 16.6. The highest BCUT2D eigenvalue weighted by Crippen LogP contribution is 2.34. The summed E-state index contributed by atoms with van der Waals surface area (Å²) in [6.07, 6.45) is 16.2. The maximum Gasteiger partial charge on any atom is 0.184 e. The van der Waals surface area contributed by atoms with Gasteiger partial charge in [-0.2, -0.15) is 5.10 Å². The number of aromatic amines is 2. The van der Waals surface area contributed by atoms with Crippen LogP contribution in [0.5, 0.6) is 0 Å². The summed E-state index contributed by atoms with van der Waals surface area (Å²) in [4.78, 5) is 24.7. The van der Waals surface area contributed by atoms with Gasteiger partial charge in [0.15, 0.2) is 11.5 Å². The summed E-state index contributed by atoms with van der Waals surface area (Å²) in [5.74, 6) is 0.0350. The SMILES string of the molecule is Fc1c(-c2cncnc2)cnc2n[nH]c(-c3nc4c([nH]3)CC=CC=C4c3cccnc3)c12. The number of fused-ring (bicyclic) bond motifs is 2. The molecule has 32 heavy (non-hydrogen) atoms. The second kappa shape index (κ2) is 7.31. The normalized spacial score (nSPS) is 13.1. The van der Waals surface area contributed by atoms with Crippen molar-refractivity contribution in [2.75, 3.05) is 0 Å². The van der Waals surface area contributed by atoms with Gasteiger partial charge in [0, 0.05) is 65.4 Å². The molecule has 1 aliphatic carbocycles. The van der Waals surface area contributed by atoms with E-state index in [1.807, 2.05) is 30.4 Å². The molecule has 0 saturated carbocycles. The fourth-order valence-electron chi connectivity index (χ4n) is 3.84. The smallest absolute Gasteiger partial charge is 0.184 e. The van der Waals surface area contributed by atoms with E-state index >= 15 is 4.39 Å². The number of halogens is 1. The van der Waals surface area contributed by atoms with Crippen molar-refractivity contribution in [1.82, 2.24) is 40.1 Å². The standard InChI is InChI=1S/C23H15FN8/c24-19-16(14-9-26-12-27-10-14)11-28-22-18(19)21(31-32-22)23-29-17-6-2-1-5-15(20(17)30-23)13-4-3-7-25-8-13/h1-5,7-12H,6H2,(H,29,30)(H,28,31,32). The number of rotatable bonds is 3. The molecule has 0 spiro atoms. The molecular formula is C23H15FN8. The summed E-state index contributed by atoms with van der Waals surface area (Å²) in [6, 6.07) is 3.87. The van der Waals surface area contributed by atoms with E-state index in [1.165, 1.54) is 12.5 Å². The van der Waals surface area contributed by atoms with Crippen LogP contribution in [0.2, 0.25) is 0 Å². The van der Waals surface area contributed by atoms with Gasteiger partial charge in [0.1, 0.15) is 17.8 Å². The summed E-state index contributed by atoms with van der Waals surface area (Å²) in [7, 11) is 0. The predicted molar refractivity (Wildman–Crippen MR) is 117 cm³/mol. The number of pyridine rings is 2. The minimum atomic E-state index is -0.455. The molecule has 6 rings (SSSR count). The Labute approximate surface area is 181 Å². The molecule has 0 bridgehead atoms. The van der Waals surface area contributed by atoms with Crippen molar-refractivity contribution in [3.8, 4) is 22.6 Å². The lowest BCUT2D eigenvalue weighted by Crippen LogP contribution is -1.93. The maximum absolute atomic E-state index is 15.6. The van der Waals surface area contributed by atoms with Crippen molar-refractivity contribution < 1.29 is 4.39 Å². The molecule has 5 aromatic rings. The Kier molecular flexibility index (Phi) is 4.17. The highest BCUT2D eigenvalue weighted by molar-refractivity contribution is 5.93. The molecule has 0 atom stereocenters. The van der Waals surface area contributed by atoms with Crippen LogP contribution in [0.25, 0.3) is 39.3 Å².